The summed E-state index contributed by atoms with van der Waals surface area (Å²) in [5, 5.41) is 17.4. The Labute approximate surface area is 161 Å². The lowest BCUT2D eigenvalue weighted by Gasteiger charge is -2.55. The number of hydrogen-bond acceptors (Lipinski definition) is 4. The van der Waals surface area contributed by atoms with E-state index in [1.807, 2.05) is 0 Å². The predicted octanol–water partition coefficient (Wildman–Crippen LogP) is 4.95. The lowest BCUT2D eigenvalue weighted by atomic mass is 9.50. The maximum absolute atomic E-state index is 13.0. The number of thiocarbonyl (C=S) groups is 1. The molecule has 7 heteroatoms. The highest BCUT2D eigenvalue weighted by atomic mass is 32.1. The molecule has 6 rings (SSSR count). The number of nitrogens with one attached hydrogen (secondary N) is 2. The van der Waals surface area contributed by atoms with Crippen LogP contribution in [0.4, 0.5) is 15.2 Å². The molecule has 4 aliphatic rings. The second-order valence-corrected chi connectivity index (χ2v) is 9.58. The molecule has 2 aromatic rings. The molecular weight excluding hydrogens is 367 g/mol. The number of aromatic nitrogens is 2. The molecule has 0 radical (unpaired) electrons. The zero-order chi connectivity index (χ0) is 17.7. The molecule has 4 fully saturated rings. The Morgan fingerprint density at radius 2 is 1.62 bits per heavy atom. The lowest BCUT2D eigenvalue weighted by Crippen LogP contribution is -2.48. The first kappa shape index (κ1) is 16.6. The zero-order valence-corrected chi connectivity index (χ0v) is 16.0. The third kappa shape index (κ3) is 3.01. The van der Waals surface area contributed by atoms with Gasteiger partial charge in [-0.05, 0) is 92.8 Å². The van der Waals surface area contributed by atoms with Crippen molar-refractivity contribution in [3.63, 3.8) is 0 Å². The summed E-state index contributed by atoms with van der Waals surface area (Å²) in [5.74, 6) is 2.41. The van der Waals surface area contributed by atoms with Crippen LogP contribution in [0.15, 0.2) is 24.3 Å². The van der Waals surface area contributed by atoms with Gasteiger partial charge in [-0.3, -0.25) is 0 Å². The molecule has 0 saturated heterocycles. The Hall–Kier alpha value is -1.60. The summed E-state index contributed by atoms with van der Waals surface area (Å²) >= 11 is 6.99. The molecule has 0 unspecified atom stereocenters. The van der Waals surface area contributed by atoms with Gasteiger partial charge in [0, 0.05) is 11.1 Å². The fourth-order valence-corrected chi connectivity index (χ4v) is 6.90. The minimum absolute atomic E-state index is 0.262. The van der Waals surface area contributed by atoms with Crippen LogP contribution in [0.1, 0.15) is 43.5 Å². The van der Waals surface area contributed by atoms with Gasteiger partial charge >= 0.3 is 0 Å². The maximum Gasteiger partial charge on any atom is 0.211 e. The molecule has 2 N–H and O–H groups in total. The lowest BCUT2D eigenvalue weighted by molar-refractivity contribution is -0.00555. The van der Waals surface area contributed by atoms with E-state index in [4.69, 9.17) is 12.2 Å². The van der Waals surface area contributed by atoms with E-state index in [0.717, 1.165) is 28.6 Å². The topological polar surface area (TPSA) is 49.8 Å². The molecule has 0 spiro atoms. The normalized spacial score (nSPS) is 31.8. The van der Waals surface area contributed by atoms with Gasteiger partial charge in [-0.1, -0.05) is 11.3 Å². The van der Waals surface area contributed by atoms with Gasteiger partial charge in [0.1, 0.15) is 10.8 Å². The summed E-state index contributed by atoms with van der Waals surface area (Å²) in [5.41, 5.74) is 1.01. The van der Waals surface area contributed by atoms with Crippen LogP contribution in [0.25, 0.3) is 0 Å². The Morgan fingerprint density at radius 1 is 1.00 bits per heavy atom. The fraction of sp³-hybridized carbons (Fsp3) is 0.526. The highest BCUT2D eigenvalue weighted by Crippen LogP contribution is 2.61. The summed E-state index contributed by atoms with van der Waals surface area (Å²) in [4.78, 5) is 0. The van der Waals surface area contributed by atoms with Crippen molar-refractivity contribution in [1.29, 1.82) is 0 Å². The van der Waals surface area contributed by atoms with E-state index in [2.05, 4.69) is 20.8 Å². The molecule has 1 heterocycles. The summed E-state index contributed by atoms with van der Waals surface area (Å²) in [6.45, 7) is 0. The summed E-state index contributed by atoms with van der Waals surface area (Å²) in [6, 6.07) is 6.12. The average Bonchev–Trinajstić information content (AvgIpc) is 3.05. The van der Waals surface area contributed by atoms with Crippen molar-refractivity contribution in [2.24, 2.45) is 17.8 Å². The van der Waals surface area contributed by atoms with Gasteiger partial charge in [0.15, 0.2) is 5.11 Å². The Balaban J connectivity index is 1.28. The zero-order valence-electron chi connectivity index (χ0n) is 14.4. The number of nitrogens with zero attached hydrogens (tertiary/aromatic N) is 2. The van der Waals surface area contributed by atoms with Crippen LogP contribution in [0, 0.1) is 23.6 Å². The minimum Gasteiger partial charge on any atom is -0.332 e. The van der Waals surface area contributed by atoms with Crippen LogP contribution in [0.5, 0.6) is 0 Å². The van der Waals surface area contributed by atoms with E-state index in [-0.39, 0.29) is 11.2 Å². The third-order valence-electron chi connectivity index (χ3n) is 6.24. The second kappa shape index (κ2) is 6.23. The number of hydrogen-bond donors (Lipinski definition) is 2. The predicted molar refractivity (Wildman–Crippen MR) is 106 cm³/mol. The van der Waals surface area contributed by atoms with Crippen LogP contribution in [-0.2, 0) is 5.41 Å². The molecule has 4 aliphatic carbocycles. The largest absolute Gasteiger partial charge is 0.332 e. The molecule has 0 atom stereocenters. The fourth-order valence-electron chi connectivity index (χ4n) is 5.65. The summed E-state index contributed by atoms with van der Waals surface area (Å²) in [7, 11) is 0. The van der Waals surface area contributed by atoms with Crippen LogP contribution in [0.2, 0.25) is 0 Å². The van der Waals surface area contributed by atoms with Gasteiger partial charge in [0.05, 0.1) is 0 Å². The van der Waals surface area contributed by atoms with Crippen LogP contribution < -0.4 is 10.6 Å². The first-order valence-corrected chi connectivity index (χ1v) is 10.5. The van der Waals surface area contributed by atoms with Crippen molar-refractivity contribution in [3.8, 4) is 0 Å². The minimum atomic E-state index is -0.265. The molecule has 1 aromatic carbocycles. The smallest absolute Gasteiger partial charge is 0.211 e. The molecule has 136 valence electrons. The van der Waals surface area contributed by atoms with Crippen molar-refractivity contribution in [3.05, 3.63) is 35.1 Å². The van der Waals surface area contributed by atoms with Gasteiger partial charge in [0.25, 0.3) is 0 Å². The number of anilines is 2. The molecule has 26 heavy (non-hydrogen) atoms. The van der Waals surface area contributed by atoms with E-state index < -0.39 is 0 Å². The van der Waals surface area contributed by atoms with Crippen molar-refractivity contribution < 1.29 is 4.39 Å². The standard InChI is InChI=1S/C19H21FN4S2/c20-14-1-3-15(4-2-14)21-17(25)22-18-24-23-16(26-18)19-8-11-5-12(9-19)7-13(6-11)10-19/h1-4,11-13H,5-10H2,(H2,21,22,24,25). The summed E-state index contributed by atoms with van der Waals surface area (Å²) in [6.07, 6.45) is 8.13. The van der Waals surface area contributed by atoms with Crippen LogP contribution in [0.3, 0.4) is 0 Å². The Bertz CT molecular complexity index is 797. The monoisotopic (exact) mass is 388 g/mol. The van der Waals surface area contributed by atoms with E-state index in [1.54, 1.807) is 23.5 Å². The van der Waals surface area contributed by atoms with Crippen molar-refractivity contribution in [1.82, 2.24) is 10.2 Å². The van der Waals surface area contributed by atoms with Gasteiger partial charge < -0.3 is 10.6 Å². The molecule has 0 aliphatic heterocycles. The van der Waals surface area contributed by atoms with Crippen LogP contribution >= 0.6 is 23.6 Å². The van der Waals surface area contributed by atoms with E-state index in [9.17, 15) is 4.39 Å². The van der Waals surface area contributed by atoms with Gasteiger partial charge in [-0.2, -0.15) is 0 Å². The number of halogens is 1. The SMILES string of the molecule is Fc1ccc(NC(=S)Nc2nnc(C34CC5CC(CC(C5)C3)C4)s2)cc1. The average molecular weight is 389 g/mol. The highest BCUT2D eigenvalue weighted by Gasteiger charge is 2.53. The van der Waals surface area contributed by atoms with Crippen LogP contribution in [-0.4, -0.2) is 15.3 Å². The molecule has 0 amide bonds. The van der Waals surface area contributed by atoms with Gasteiger partial charge in [-0.15, -0.1) is 10.2 Å². The molecule has 4 nitrogen and oxygen atoms in total. The van der Waals surface area contributed by atoms with Crippen molar-refractivity contribution >= 4 is 39.5 Å². The molecule has 1 aromatic heterocycles. The molecule has 4 saturated carbocycles. The number of benzene rings is 1. The van der Waals surface area contributed by atoms with Crippen molar-refractivity contribution in [2.45, 2.75) is 43.9 Å². The van der Waals surface area contributed by atoms with Crippen molar-refractivity contribution in [2.75, 3.05) is 10.6 Å². The van der Waals surface area contributed by atoms with E-state index >= 15 is 0 Å². The number of rotatable bonds is 3. The Kier molecular flexibility index (Phi) is 3.97. The quantitative estimate of drug-likeness (QED) is 0.728. The van der Waals surface area contributed by atoms with Gasteiger partial charge in [0.2, 0.25) is 5.13 Å². The first-order chi connectivity index (χ1) is 12.6. The van der Waals surface area contributed by atoms with E-state index in [0.29, 0.717) is 5.11 Å². The highest BCUT2D eigenvalue weighted by molar-refractivity contribution is 7.80. The third-order valence-corrected chi connectivity index (χ3v) is 7.53. The Morgan fingerprint density at radius 3 is 2.23 bits per heavy atom. The molecular formula is C19H21FN4S2. The van der Waals surface area contributed by atoms with Gasteiger partial charge in [-0.25, -0.2) is 4.39 Å². The van der Waals surface area contributed by atoms with E-state index in [1.165, 1.54) is 55.7 Å². The maximum atomic E-state index is 13.0. The second-order valence-electron chi connectivity index (χ2n) is 8.20. The first-order valence-electron chi connectivity index (χ1n) is 9.25. The summed E-state index contributed by atoms with van der Waals surface area (Å²) < 4.78 is 13.0. The molecule has 4 bridgehead atoms.